The minimum atomic E-state index is -1.10. The number of hydrogen-bond donors (Lipinski definition) is 4. The van der Waals surface area contributed by atoms with Gasteiger partial charge < -0.3 is 20.8 Å². The number of carboxylic acid groups (broad SMARTS) is 1. The summed E-state index contributed by atoms with van der Waals surface area (Å²) in [6.45, 7) is 6.44. The normalized spacial score (nSPS) is 12.0. The zero-order valence-corrected chi connectivity index (χ0v) is 13.2. The first-order chi connectivity index (χ1) is 10.3. The van der Waals surface area contributed by atoms with E-state index in [1.54, 1.807) is 13.0 Å². The molecule has 0 unspecified atom stereocenters. The molecule has 1 aromatic rings. The zero-order valence-electron chi connectivity index (χ0n) is 13.2. The van der Waals surface area contributed by atoms with Crippen LogP contribution in [-0.4, -0.2) is 34.8 Å². The fourth-order valence-electron chi connectivity index (χ4n) is 2.12. The zero-order chi connectivity index (χ0) is 16.7. The van der Waals surface area contributed by atoms with Crippen LogP contribution in [0.4, 0.5) is 4.79 Å². The fraction of sp³-hybridized carbons (Fsp3) is 0.500. The summed E-state index contributed by atoms with van der Waals surface area (Å²) >= 11 is 0. The molecule has 6 nitrogen and oxygen atoms in total. The van der Waals surface area contributed by atoms with E-state index < -0.39 is 6.09 Å². The van der Waals surface area contributed by atoms with Crippen LogP contribution >= 0.6 is 0 Å². The van der Waals surface area contributed by atoms with E-state index in [9.17, 15) is 14.7 Å². The molecule has 1 atom stereocenters. The number of hydrogen-bond acceptors (Lipinski definition) is 3. The number of phenols is 1. The molecular weight excluding hydrogens is 284 g/mol. The summed E-state index contributed by atoms with van der Waals surface area (Å²) < 4.78 is 0. The number of phenolic OH excluding ortho intramolecular Hbond substituents is 1. The largest absolute Gasteiger partial charge is 0.508 e. The Morgan fingerprint density at radius 2 is 1.91 bits per heavy atom. The van der Waals surface area contributed by atoms with Gasteiger partial charge in [0.05, 0.1) is 0 Å². The lowest BCUT2D eigenvalue weighted by molar-refractivity contribution is 0.0950. The highest BCUT2D eigenvalue weighted by atomic mass is 16.4. The summed E-state index contributed by atoms with van der Waals surface area (Å²) in [7, 11) is 0. The Morgan fingerprint density at radius 1 is 1.23 bits per heavy atom. The van der Waals surface area contributed by atoms with Crippen LogP contribution in [0, 0.1) is 5.92 Å². The molecule has 0 aromatic heterocycles. The van der Waals surface area contributed by atoms with Crippen LogP contribution in [0.25, 0.3) is 0 Å². The molecule has 0 aliphatic carbocycles. The van der Waals surface area contributed by atoms with Gasteiger partial charge in [0.2, 0.25) is 0 Å². The van der Waals surface area contributed by atoms with Gasteiger partial charge in [-0.3, -0.25) is 4.79 Å². The highest BCUT2D eigenvalue weighted by Gasteiger charge is 2.15. The first kappa shape index (κ1) is 17.8. The molecule has 2 amide bonds. The molecule has 0 radical (unpaired) electrons. The number of amides is 2. The van der Waals surface area contributed by atoms with Crippen molar-refractivity contribution in [2.45, 2.75) is 39.7 Å². The number of aromatic hydroxyl groups is 1. The summed E-state index contributed by atoms with van der Waals surface area (Å²) in [6.07, 6.45) is 0.144. The fourth-order valence-corrected chi connectivity index (χ4v) is 2.12. The summed E-state index contributed by atoms with van der Waals surface area (Å²) in [5.41, 5.74) is 1.07. The Hall–Kier alpha value is -2.24. The van der Waals surface area contributed by atoms with Crippen molar-refractivity contribution in [3.63, 3.8) is 0 Å². The van der Waals surface area contributed by atoms with Crippen molar-refractivity contribution in [2.75, 3.05) is 6.54 Å². The van der Waals surface area contributed by atoms with Gasteiger partial charge in [-0.1, -0.05) is 19.9 Å². The first-order valence-electron chi connectivity index (χ1n) is 7.39. The number of benzene rings is 1. The number of rotatable bonds is 7. The van der Waals surface area contributed by atoms with Gasteiger partial charge in [-0.15, -0.1) is 0 Å². The second kappa shape index (κ2) is 8.26. The second-order valence-corrected chi connectivity index (χ2v) is 5.83. The average Bonchev–Trinajstić information content (AvgIpc) is 2.39. The molecule has 122 valence electrons. The van der Waals surface area contributed by atoms with Crippen molar-refractivity contribution in [3.05, 3.63) is 29.3 Å². The van der Waals surface area contributed by atoms with E-state index in [4.69, 9.17) is 5.11 Å². The lowest BCUT2D eigenvalue weighted by atomic mass is 9.99. The van der Waals surface area contributed by atoms with Crippen LogP contribution in [0.5, 0.6) is 5.75 Å². The topological polar surface area (TPSA) is 98.7 Å². The van der Waals surface area contributed by atoms with Crippen LogP contribution in [0.1, 0.15) is 43.1 Å². The minimum absolute atomic E-state index is 0.0107. The van der Waals surface area contributed by atoms with E-state index in [0.717, 1.165) is 6.42 Å². The number of carbonyl (C=O) groups is 2. The van der Waals surface area contributed by atoms with Crippen molar-refractivity contribution < 1.29 is 19.8 Å². The summed E-state index contributed by atoms with van der Waals surface area (Å²) in [5, 5.41) is 23.5. The summed E-state index contributed by atoms with van der Waals surface area (Å²) in [6, 6.07) is 4.22. The highest BCUT2D eigenvalue weighted by molar-refractivity contribution is 5.96. The predicted octanol–water partition coefficient (Wildman–Crippen LogP) is 2.37. The molecule has 0 spiro atoms. The van der Waals surface area contributed by atoms with Crippen molar-refractivity contribution in [1.29, 1.82) is 0 Å². The molecule has 0 bridgehead atoms. The minimum Gasteiger partial charge on any atom is -0.508 e. The molecular formula is C16H24N2O4. The number of carbonyl (C=O) groups excluding carboxylic acids is 1. The highest BCUT2D eigenvalue weighted by Crippen LogP contribution is 2.18. The van der Waals surface area contributed by atoms with Crippen LogP contribution in [0.15, 0.2) is 18.2 Å². The third kappa shape index (κ3) is 6.03. The monoisotopic (exact) mass is 308 g/mol. The molecule has 0 aliphatic rings. The molecule has 0 saturated heterocycles. The first-order valence-corrected chi connectivity index (χ1v) is 7.39. The Labute approximate surface area is 130 Å². The van der Waals surface area contributed by atoms with Crippen molar-refractivity contribution in [1.82, 2.24) is 10.6 Å². The maximum Gasteiger partial charge on any atom is 0.404 e. The van der Waals surface area contributed by atoms with Gasteiger partial charge in [-0.25, -0.2) is 4.79 Å². The number of nitrogens with one attached hydrogen (secondary N) is 2. The average molecular weight is 308 g/mol. The Morgan fingerprint density at radius 3 is 2.50 bits per heavy atom. The van der Waals surface area contributed by atoms with E-state index >= 15 is 0 Å². The molecule has 22 heavy (non-hydrogen) atoms. The van der Waals surface area contributed by atoms with E-state index in [1.807, 2.05) is 0 Å². The van der Waals surface area contributed by atoms with E-state index in [2.05, 4.69) is 24.5 Å². The Balaban J connectivity index is 2.81. The second-order valence-electron chi connectivity index (χ2n) is 5.83. The van der Waals surface area contributed by atoms with E-state index in [0.29, 0.717) is 30.0 Å². The van der Waals surface area contributed by atoms with Gasteiger partial charge in [0, 0.05) is 18.2 Å². The van der Waals surface area contributed by atoms with Gasteiger partial charge in [0.25, 0.3) is 5.91 Å². The lowest BCUT2D eigenvalue weighted by Crippen LogP contribution is -2.33. The molecule has 0 aliphatic heterocycles. The maximum atomic E-state index is 12.2. The van der Waals surface area contributed by atoms with Crippen LogP contribution in [0.3, 0.4) is 0 Å². The Bertz CT molecular complexity index is 529. The SMILES string of the molecule is CC(C)CCNC(=O)c1cc(O)ccc1C[C@H](C)NC(=O)O. The van der Waals surface area contributed by atoms with Gasteiger partial charge in [0.1, 0.15) is 5.75 Å². The summed E-state index contributed by atoms with van der Waals surface area (Å²) in [5.74, 6) is 0.245. The van der Waals surface area contributed by atoms with Crippen LogP contribution < -0.4 is 10.6 Å². The predicted molar refractivity (Wildman–Crippen MR) is 84.2 cm³/mol. The molecule has 6 heteroatoms. The van der Waals surface area contributed by atoms with Crippen molar-refractivity contribution in [2.24, 2.45) is 5.92 Å². The lowest BCUT2D eigenvalue weighted by Gasteiger charge is -2.15. The smallest absolute Gasteiger partial charge is 0.404 e. The molecule has 0 heterocycles. The molecule has 4 N–H and O–H groups in total. The standard InChI is InChI=1S/C16H24N2O4/c1-10(2)6-7-17-15(20)14-9-13(19)5-4-12(14)8-11(3)18-16(21)22/h4-5,9-11,18-19H,6-8H2,1-3H3,(H,17,20)(H,21,22)/t11-/m0/s1. The van der Waals surface area contributed by atoms with Crippen LogP contribution in [0.2, 0.25) is 0 Å². The van der Waals surface area contributed by atoms with Gasteiger partial charge in [0.15, 0.2) is 0 Å². The molecule has 1 aromatic carbocycles. The van der Waals surface area contributed by atoms with Gasteiger partial charge >= 0.3 is 6.09 Å². The maximum absolute atomic E-state index is 12.2. The molecule has 0 saturated carbocycles. The van der Waals surface area contributed by atoms with Crippen LogP contribution in [-0.2, 0) is 6.42 Å². The quantitative estimate of drug-likeness (QED) is 0.621. The summed E-state index contributed by atoms with van der Waals surface area (Å²) in [4.78, 5) is 22.9. The van der Waals surface area contributed by atoms with E-state index in [-0.39, 0.29) is 17.7 Å². The third-order valence-corrected chi connectivity index (χ3v) is 3.24. The molecule has 0 fully saturated rings. The van der Waals surface area contributed by atoms with Gasteiger partial charge in [-0.05, 0) is 43.4 Å². The third-order valence-electron chi connectivity index (χ3n) is 3.24. The van der Waals surface area contributed by atoms with E-state index in [1.165, 1.54) is 12.1 Å². The molecule has 1 rings (SSSR count). The van der Waals surface area contributed by atoms with Crippen molar-refractivity contribution in [3.8, 4) is 5.75 Å². The van der Waals surface area contributed by atoms with Gasteiger partial charge in [-0.2, -0.15) is 0 Å². The van der Waals surface area contributed by atoms with Crippen molar-refractivity contribution >= 4 is 12.0 Å². The Kier molecular flexibility index (Phi) is 6.69.